The largest absolute Gasteiger partial charge is 0.494 e. The summed E-state index contributed by atoms with van der Waals surface area (Å²) in [5.74, 6) is 2.08. The first kappa shape index (κ1) is 19.3. The minimum atomic E-state index is 0.173. The Morgan fingerprint density at radius 3 is 2.62 bits per heavy atom. The van der Waals surface area contributed by atoms with Crippen LogP contribution >= 0.6 is 11.8 Å². The van der Waals surface area contributed by atoms with Crippen molar-refractivity contribution >= 4 is 11.8 Å². The molecule has 1 aliphatic rings. The van der Waals surface area contributed by atoms with Crippen LogP contribution in [0.2, 0.25) is 0 Å². The van der Waals surface area contributed by atoms with Gasteiger partial charge in [0.15, 0.2) is 0 Å². The van der Waals surface area contributed by atoms with E-state index >= 15 is 0 Å². The highest BCUT2D eigenvalue weighted by molar-refractivity contribution is 7.99. The lowest BCUT2D eigenvalue weighted by Crippen LogP contribution is -2.48. The van der Waals surface area contributed by atoms with Crippen molar-refractivity contribution in [3.63, 3.8) is 0 Å². The molecule has 0 amide bonds. The predicted molar refractivity (Wildman–Crippen MR) is 112 cm³/mol. The van der Waals surface area contributed by atoms with E-state index in [-0.39, 0.29) is 11.6 Å². The Hall–Kier alpha value is -1.45. The highest BCUT2D eigenvalue weighted by Crippen LogP contribution is 2.42. The molecule has 140 valence electrons. The maximum Gasteiger partial charge on any atom is 0.120 e. The number of rotatable bonds is 7. The normalized spacial score (nSPS) is 22.5. The molecular weight excluding hydrogens is 338 g/mol. The number of fused-ring (bicyclic) bond motifs is 1. The van der Waals surface area contributed by atoms with E-state index in [1.807, 2.05) is 18.7 Å². The van der Waals surface area contributed by atoms with E-state index in [0.29, 0.717) is 6.61 Å². The number of nitrogens with one attached hydrogen (secondary N) is 1. The van der Waals surface area contributed by atoms with E-state index in [4.69, 9.17) is 4.74 Å². The third kappa shape index (κ3) is 4.27. The summed E-state index contributed by atoms with van der Waals surface area (Å²) in [5.41, 5.74) is 2.89. The first-order valence-electron chi connectivity index (χ1n) is 9.93. The van der Waals surface area contributed by atoms with E-state index in [9.17, 15) is 0 Å². The summed E-state index contributed by atoms with van der Waals surface area (Å²) in [5, 5.41) is 4.08. The average molecular weight is 370 g/mol. The molecule has 0 fully saturated rings. The SMILES string of the molecule is CCCC[C@]1(CC)CSc2cc(OCC)ccc2[C@H](c2ccccc2)N1. The summed E-state index contributed by atoms with van der Waals surface area (Å²) in [6.07, 6.45) is 4.88. The fourth-order valence-corrected chi connectivity index (χ4v) is 5.14. The van der Waals surface area contributed by atoms with Crippen molar-refractivity contribution in [2.45, 2.75) is 62.9 Å². The minimum Gasteiger partial charge on any atom is -0.494 e. The van der Waals surface area contributed by atoms with Crippen LogP contribution in [0.4, 0.5) is 0 Å². The third-order valence-electron chi connectivity index (χ3n) is 5.38. The van der Waals surface area contributed by atoms with Gasteiger partial charge in [-0.05, 0) is 43.0 Å². The lowest BCUT2D eigenvalue weighted by atomic mass is 9.88. The van der Waals surface area contributed by atoms with Crippen LogP contribution in [0.15, 0.2) is 53.4 Å². The van der Waals surface area contributed by atoms with Gasteiger partial charge in [0.1, 0.15) is 5.75 Å². The molecule has 0 radical (unpaired) electrons. The van der Waals surface area contributed by atoms with Gasteiger partial charge in [-0.15, -0.1) is 11.8 Å². The lowest BCUT2D eigenvalue weighted by molar-refractivity contribution is 0.297. The zero-order valence-electron chi connectivity index (χ0n) is 16.3. The number of hydrogen-bond donors (Lipinski definition) is 1. The Labute approximate surface area is 162 Å². The number of thioether (sulfide) groups is 1. The Kier molecular flexibility index (Phi) is 6.66. The summed E-state index contributed by atoms with van der Waals surface area (Å²) in [6, 6.07) is 17.7. The van der Waals surface area contributed by atoms with Gasteiger partial charge >= 0.3 is 0 Å². The Morgan fingerprint density at radius 1 is 1.12 bits per heavy atom. The molecule has 0 saturated heterocycles. The summed E-state index contributed by atoms with van der Waals surface area (Å²) in [7, 11) is 0. The molecule has 1 heterocycles. The Bertz CT molecular complexity index is 703. The van der Waals surface area contributed by atoms with Crippen molar-refractivity contribution in [1.82, 2.24) is 5.32 Å². The molecule has 1 N–H and O–H groups in total. The van der Waals surface area contributed by atoms with Crippen LogP contribution in [0, 0.1) is 0 Å². The molecule has 3 heteroatoms. The van der Waals surface area contributed by atoms with Crippen LogP contribution in [0.5, 0.6) is 5.75 Å². The fraction of sp³-hybridized carbons (Fsp3) is 0.478. The van der Waals surface area contributed by atoms with Crippen LogP contribution in [-0.4, -0.2) is 17.9 Å². The van der Waals surface area contributed by atoms with Crippen molar-refractivity contribution in [3.8, 4) is 5.75 Å². The van der Waals surface area contributed by atoms with Gasteiger partial charge in [-0.2, -0.15) is 0 Å². The van der Waals surface area contributed by atoms with Gasteiger partial charge < -0.3 is 4.74 Å². The topological polar surface area (TPSA) is 21.3 Å². The molecule has 0 aliphatic carbocycles. The maximum atomic E-state index is 5.76. The van der Waals surface area contributed by atoms with Gasteiger partial charge in [-0.1, -0.05) is 63.1 Å². The lowest BCUT2D eigenvalue weighted by Gasteiger charge is -2.36. The molecule has 0 bridgehead atoms. The van der Waals surface area contributed by atoms with Gasteiger partial charge in [0.2, 0.25) is 0 Å². The summed E-state index contributed by atoms with van der Waals surface area (Å²) in [4.78, 5) is 1.35. The van der Waals surface area contributed by atoms with Gasteiger partial charge in [0.25, 0.3) is 0 Å². The van der Waals surface area contributed by atoms with E-state index in [1.165, 1.54) is 35.3 Å². The molecule has 0 aromatic heterocycles. The number of benzene rings is 2. The highest BCUT2D eigenvalue weighted by Gasteiger charge is 2.35. The van der Waals surface area contributed by atoms with Gasteiger partial charge in [-0.3, -0.25) is 5.32 Å². The molecule has 0 spiro atoms. The Morgan fingerprint density at radius 2 is 1.92 bits per heavy atom. The Balaban J connectivity index is 2.02. The van der Waals surface area contributed by atoms with E-state index < -0.39 is 0 Å². The fourth-order valence-electron chi connectivity index (χ4n) is 3.72. The first-order valence-corrected chi connectivity index (χ1v) is 10.9. The standard InChI is InChI=1S/C23H31NOS/c1-4-7-15-23(5-2)17-26-21-16-19(25-6-3)13-14-20(21)22(24-23)18-11-9-8-10-12-18/h8-14,16,22,24H,4-7,15,17H2,1-3H3/t22-,23+/m0/s1. The van der Waals surface area contributed by atoms with Crippen molar-refractivity contribution in [2.24, 2.45) is 0 Å². The second kappa shape index (κ2) is 8.96. The average Bonchev–Trinajstić information content (AvgIpc) is 2.85. The summed E-state index contributed by atoms with van der Waals surface area (Å²) < 4.78 is 5.76. The van der Waals surface area contributed by atoms with E-state index in [2.05, 4.69) is 67.7 Å². The van der Waals surface area contributed by atoms with Gasteiger partial charge in [-0.25, -0.2) is 0 Å². The van der Waals surface area contributed by atoms with Crippen LogP contribution in [0.3, 0.4) is 0 Å². The maximum absolute atomic E-state index is 5.76. The zero-order chi connectivity index (χ0) is 18.4. The molecule has 26 heavy (non-hydrogen) atoms. The van der Waals surface area contributed by atoms with Gasteiger partial charge in [0.05, 0.1) is 12.6 Å². The first-order chi connectivity index (χ1) is 12.7. The molecule has 1 aliphatic heterocycles. The third-order valence-corrected chi connectivity index (χ3v) is 6.74. The minimum absolute atomic E-state index is 0.173. The zero-order valence-corrected chi connectivity index (χ0v) is 17.1. The molecule has 2 aromatic carbocycles. The van der Waals surface area contributed by atoms with Crippen LogP contribution < -0.4 is 10.1 Å². The predicted octanol–water partition coefficient (Wildman–Crippen LogP) is 6.21. The van der Waals surface area contributed by atoms with E-state index in [0.717, 1.165) is 17.9 Å². The number of ether oxygens (including phenoxy) is 1. The monoisotopic (exact) mass is 369 g/mol. The molecular formula is C23H31NOS. The molecule has 0 saturated carbocycles. The second-order valence-electron chi connectivity index (χ2n) is 7.15. The number of unbranched alkanes of at least 4 members (excludes halogenated alkanes) is 1. The molecule has 0 unspecified atom stereocenters. The summed E-state index contributed by atoms with van der Waals surface area (Å²) in [6.45, 7) is 7.36. The van der Waals surface area contributed by atoms with Crippen molar-refractivity contribution in [1.29, 1.82) is 0 Å². The smallest absolute Gasteiger partial charge is 0.120 e. The van der Waals surface area contributed by atoms with Crippen molar-refractivity contribution in [3.05, 3.63) is 59.7 Å². The van der Waals surface area contributed by atoms with Crippen LogP contribution in [-0.2, 0) is 0 Å². The van der Waals surface area contributed by atoms with E-state index in [1.54, 1.807) is 0 Å². The van der Waals surface area contributed by atoms with Crippen LogP contribution in [0.1, 0.15) is 63.6 Å². The van der Waals surface area contributed by atoms with Gasteiger partial charge in [0, 0.05) is 16.2 Å². The highest BCUT2D eigenvalue weighted by atomic mass is 32.2. The molecule has 2 aromatic rings. The molecule has 2 nitrogen and oxygen atoms in total. The second-order valence-corrected chi connectivity index (χ2v) is 8.16. The van der Waals surface area contributed by atoms with Crippen LogP contribution in [0.25, 0.3) is 0 Å². The quantitative estimate of drug-likeness (QED) is 0.627. The molecule has 3 rings (SSSR count). The summed E-state index contributed by atoms with van der Waals surface area (Å²) >= 11 is 1.99. The van der Waals surface area contributed by atoms with Crippen molar-refractivity contribution < 1.29 is 4.74 Å². The number of hydrogen-bond acceptors (Lipinski definition) is 3. The van der Waals surface area contributed by atoms with Crippen molar-refractivity contribution in [2.75, 3.05) is 12.4 Å². The molecule has 2 atom stereocenters.